The lowest BCUT2D eigenvalue weighted by atomic mass is 9.80. The van der Waals surface area contributed by atoms with Crippen LogP contribution in [0.3, 0.4) is 0 Å². The average molecular weight is 786 g/mol. The van der Waals surface area contributed by atoms with E-state index >= 15 is 0 Å². The number of nitrogens with one attached hydrogen (secondary N) is 1. The lowest BCUT2D eigenvalue weighted by Crippen LogP contribution is -2.36. The molecule has 5 aromatic carbocycles. The molecule has 11 heteroatoms. The van der Waals surface area contributed by atoms with E-state index in [2.05, 4.69) is 55.2 Å². The number of hydrogen-bond acceptors (Lipinski definition) is 10. The molecule has 58 heavy (non-hydrogen) atoms. The summed E-state index contributed by atoms with van der Waals surface area (Å²) in [5, 5.41) is 4.54. The summed E-state index contributed by atoms with van der Waals surface area (Å²) in [5.41, 5.74) is 5.13. The Bertz CT molecular complexity index is 2370. The Hall–Kier alpha value is -6.30. The highest BCUT2D eigenvalue weighted by Gasteiger charge is 2.47. The molecule has 0 radical (unpaired) electrons. The molecule has 1 N–H and O–H groups in total. The fourth-order valence-electron chi connectivity index (χ4n) is 7.74. The summed E-state index contributed by atoms with van der Waals surface area (Å²) in [7, 11) is 4.92. The van der Waals surface area contributed by atoms with Crippen LogP contribution in [0.1, 0.15) is 41.7 Å². The smallest absolute Gasteiger partial charge is 0.407 e. The number of benzene rings is 5. The molecule has 2 atom stereocenters. The van der Waals surface area contributed by atoms with Gasteiger partial charge in [0, 0.05) is 39.3 Å². The normalized spacial score (nSPS) is 17.3. The fraction of sp³-hybridized carbons (Fsp3) is 0.277. The van der Waals surface area contributed by atoms with Gasteiger partial charge in [0.2, 0.25) is 0 Å². The van der Waals surface area contributed by atoms with Gasteiger partial charge in [-0.05, 0) is 66.3 Å². The molecule has 0 aromatic heterocycles. The fourth-order valence-corrected chi connectivity index (χ4v) is 7.74. The van der Waals surface area contributed by atoms with Gasteiger partial charge in [-0.15, -0.1) is 0 Å². The Balaban J connectivity index is 1.18. The summed E-state index contributed by atoms with van der Waals surface area (Å²) in [5.74, 6) is 2.21. The van der Waals surface area contributed by atoms with Crippen LogP contribution in [-0.4, -0.2) is 73.0 Å². The first-order valence-corrected chi connectivity index (χ1v) is 19.0. The lowest BCUT2D eigenvalue weighted by Gasteiger charge is -2.39. The van der Waals surface area contributed by atoms with Gasteiger partial charge >= 0.3 is 12.1 Å². The molecule has 300 valence electrons. The molecule has 2 aliphatic rings. The van der Waals surface area contributed by atoms with Gasteiger partial charge in [-0.25, -0.2) is 9.59 Å². The predicted octanol–water partition coefficient (Wildman–Crippen LogP) is 8.34. The molecular weight excluding hydrogens is 739 g/mol. The minimum absolute atomic E-state index is 0.0154. The summed E-state index contributed by atoms with van der Waals surface area (Å²) >= 11 is 0. The molecule has 0 bridgehead atoms. The molecule has 1 aliphatic carbocycles. The molecule has 0 saturated heterocycles. The van der Waals surface area contributed by atoms with Gasteiger partial charge < -0.3 is 43.2 Å². The highest BCUT2D eigenvalue weighted by atomic mass is 16.6. The van der Waals surface area contributed by atoms with Gasteiger partial charge in [0.05, 0.1) is 47.7 Å². The molecule has 1 heterocycles. The van der Waals surface area contributed by atoms with E-state index in [9.17, 15) is 9.59 Å². The minimum atomic E-state index is -1.10. The Morgan fingerprint density at radius 2 is 1.47 bits per heavy atom. The molecule has 11 nitrogen and oxygen atoms in total. The van der Waals surface area contributed by atoms with Crippen molar-refractivity contribution in [3.05, 3.63) is 137 Å². The Morgan fingerprint density at radius 3 is 2.21 bits per heavy atom. The van der Waals surface area contributed by atoms with Crippen LogP contribution in [0, 0.1) is 0 Å². The van der Waals surface area contributed by atoms with Crippen LogP contribution in [0.15, 0.2) is 109 Å². The molecular formula is C47H47NO10. The number of rotatable bonds is 16. The molecule has 0 fully saturated rings. The first kappa shape index (κ1) is 39.9. The van der Waals surface area contributed by atoms with Crippen molar-refractivity contribution in [3.63, 3.8) is 0 Å². The Kier molecular flexibility index (Phi) is 11.7. The van der Waals surface area contributed by atoms with E-state index in [1.54, 1.807) is 28.3 Å². The number of esters is 1. The summed E-state index contributed by atoms with van der Waals surface area (Å²) in [4.78, 5) is 23.5. The second-order valence-electron chi connectivity index (χ2n) is 14.0. The minimum Gasteiger partial charge on any atom is -0.497 e. The number of hydrogen-bond donors (Lipinski definition) is 1. The van der Waals surface area contributed by atoms with E-state index in [1.807, 2.05) is 66.7 Å². The van der Waals surface area contributed by atoms with Crippen LogP contribution < -0.4 is 24.3 Å². The van der Waals surface area contributed by atoms with Crippen LogP contribution in [-0.2, 0) is 34.9 Å². The second kappa shape index (κ2) is 17.1. The molecule has 2 unspecified atom stereocenters. The van der Waals surface area contributed by atoms with Crippen LogP contribution in [0.4, 0.5) is 4.79 Å². The van der Waals surface area contributed by atoms with E-state index in [-0.39, 0.29) is 45.2 Å². The molecule has 0 spiro atoms. The summed E-state index contributed by atoms with van der Waals surface area (Å²) < 4.78 is 47.4. The average Bonchev–Trinajstić information content (AvgIpc) is 3.52. The van der Waals surface area contributed by atoms with Crippen molar-refractivity contribution in [3.8, 4) is 34.1 Å². The Labute approximate surface area is 338 Å². The zero-order valence-corrected chi connectivity index (χ0v) is 33.3. The molecule has 1 aliphatic heterocycles. The number of carbonyl (C=O) groups excluding carboxylic acids is 2. The van der Waals surface area contributed by atoms with E-state index < -0.39 is 23.3 Å². The van der Waals surface area contributed by atoms with Crippen molar-refractivity contribution in [2.24, 2.45) is 0 Å². The van der Waals surface area contributed by atoms with Gasteiger partial charge in [0.1, 0.15) is 41.8 Å². The van der Waals surface area contributed by atoms with Gasteiger partial charge in [-0.1, -0.05) is 73.3 Å². The van der Waals surface area contributed by atoms with Gasteiger partial charge in [0.25, 0.3) is 0 Å². The maximum Gasteiger partial charge on any atom is 0.407 e. The number of ether oxygens (including phenoxy) is 8. The monoisotopic (exact) mass is 785 g/mol. The highest BCUT2D eigenvalue weighted by molar-refractivity contribution is 6.08. The van der Waals surface area contributed by atoms with E-state index in [0.717, 1.165) is 55.5 Å². The van der Waals surface area contributed by atoms with Gasteiger partial charge in [-0.3, -0.25) is 0 Å². The van der Waals surface area contributed by atoms with Crippen molar-refractivity contribution >= 4 is 28.9 Å². The van der Waals surface area contributed by atoms with Crippen molar-refractivity contribution in [1.29, 1.82) is 0 Å². The zero-order chi connectivity index (χ0) is 40.9. The standard InChI is InChI=1S/C47H47NO10/c1-30(2)44(49)55-24-23-48-45(50)56-27-25-54-26-28-57-46(3)38-14-10-9-13-36(38)41-34-11-7-8-12-35(34)43-37(42(41)46)21-22-47(58-43,31-15-17-32(51-4)18-16-31)39-20-19-33(52-5)29-40(39)53-6/h7-22,29H,1,23-28H2,2-6H3,(H,48,50). The van der Waals surface area contributed by atoms with Crippen LogP contribution >= 0.6 is 0 Å². The number of fused-ring (bicyclic) bond motifs is 8. The molecule has 0 saturated carbocycles. The van der Waals surface area contributed by atoms with Gasteiger partial charge in [0.15, 0.2) is 5.60 Å². The first-order valence-electron chi connectivity index (χ1n) is 19.0. The highest BCUT2D eigenvalue weighted by Crippen LogP contribution is 2.59. The topological polar surface area (TPSA) is 120 Å². The third-order valence-corrected chi connectivity index (χ3v) is 10.5. The molecule has 1 amide bonds. The number of amides is 1. The summed E-state index contributed by atoms with van der Waals surface area (Å²) in [6.45, 7) is 8.03. The van der Waals surface area contributed by atoms with Crippen molar-refractivity contribution in [1.82, 2.24) is 5.32 Å². The van der Waals surface area contributed by atoms with Crippen LogP contribution in [0.2, 0.25) is 0 Å². The third kappa shape index (κ3) is 7.46. The number of methoxy groups -OCH3 is 3. The lowest BCUT2D eigenvalue weighted by molar-refractivity contribution is -0.138. The summed E-state index contributed by atoms with van der Waals surface area (Å²) in [6, 6.07) is 30.3. The SMILES string of the molecule is C=C(C)C(=O)OCCNC(=O)OCCOCCOC1(C)c2ccccc2-c2c1c1c(c3ccccc23)OC(c2ccc(OC)cc2)(c2ccc(OC)cc2OC)C=C1. The third-order valence-electron chi connectivity index (χ3n) is 10.5. The van der Waals surface area contributed by atoms with E-state index in [4.69, 9.17) is 37.9 Å². The zero-order valence-electron chi connectivity index (χ0n) is 33.3. The molecule has 7 rings (SSSR count). The Morgan fingerprint density at radius 1 is 0.759 bits per heavy atom. The summed E-state index contributed by atoms with van der Waals surface area (Å²) in [6.07, 6.45) is 3.61. The predicted molar refractivity (Wildman–Crippen MR) is 221 cm³/mol. The van der Waals surface area contributed by atoms with Gasteiger partial charge in [-0.2, -0.15) is 0 Å². The number of alkyl carbamates (subject to hydrolysis) is 1. The van der Waals surface area contributed by atoms with Crippen molar-refractivity contribution in [2.75, 3.05) is 60.9 Å². The van der Waals surface area contributed by atoms with Crippen molar-refractivity contribution < 1.29 is 47.5 Å². The second-order valence-corrected chi connectivity index (χ2v) is 14.0. The van der Waals surface area contributed by atoms with E-state index in [1.165, 1.54) is 0 Å². The quantitative estimate of drug-likeness (QED) is 0.0594. The largest absolute Gasteiger partial charge is 0.497 e. The van der Waals surface area contributed by atoms with Crippen LogP contribution in [0.5, 0.6) is 23.0 Å². The van der Waals surface area contributed by atoms with E-state index in [0.29, 0.717) is 17.2 Å². The maximum atomic E-state index is 12.1. The molecule has 5 aromatic rings. The van der Waals surface area contributed by atoms with Crippen LogP contribution in [0.25, 0.3) is 28.0 Å². The van der Waals surface area contributed by atoms with Crippen molar-refractivity contribution in [2.45, 2.75) is 25.0 Å². The maximum absolute atomic E-state index is 12.1. The number of carbonyl (C=O) groups is 2. The first-order chi connectivity index (χ1) is 28.1.